The third-order valence-corrected chi connectivity index (χ3v) is 0. The molecule has 0 atom stereocenters. The monoisotopic (exact) mass is 177 g/mol. The zero-order valence-electron chi connectivity index (χ0n) is 4.70. The molecule has 0 radical (unpaired) electrons. The Hall–Kier alpha value is 1.25. The first-order valence-corrected chi connectivity index (χ1v) is 5.57. The van der Waals surface area contributed by atoms with Crippen LogP contribution in [0.15, 0.2) is 0 Å². The third kappa shape index (κ3) is 127. The molecule has 0 rings (SSSR count). The van der Waals surface area contributed by atoms with Crippen LogP contribution >= 0.6 is 18.6 Å². The Balaban J connectivity index is -0.0000000400. The van der Waals surface area contributed by atoms with Gasteiger partial charge in [0.25, 0.3) is 0 Å². The first kappa shape index (κ1) is 15.7. The number of hydrogen-bond acceptors (Lipinski definition) is 0. The predicted octanol–water partition coefficient (Wildman–Crippen LogP) is 2.45. The van der Waals surface area contributed by atoms with E-state index in [1.165, 1.54) is 0 Å². The Morgan fingerprint density at radius 2 is 1.29 bits per heavy atom. The van der Waals surface area contributed by atoms with E-state index in [-0.39, 0.29) is 7.43 Å². The Bertz CT molecular complexity index is 14.9. The molecule has 0 heterocycles. The molecule has 7 heavy (non-hydrogen) atoms. The summed E-state index contributed by atoms with van der Waals surface area (Å²) in [6.07, 6.45) is 0. The van der Waals surface area contributed by atoms with Gasteiger partial charge in [-0.2, -0.15) is 14.1 Å². The summed E-state index contributed by atoms with van der Waals surface area (Å²) >= 11 is -0.556. The van der Waals surface area contributed by atoms with Gasteiger partial charge in [-0.3, -0.25) is 0 Å². The first-order chi connectivity index (χ1) is 2.83. The number of hydrogen-bond donors (Lipinski definition) is 0. The van der Waals surface area contributed by atoms with Gasteiger partial charge in [0, 0.05) is 0 Å². The van der Waals surface area contributed by atoms with Crippen LogP contribution in [0.5, 0.6) is 0 Å². The summed E-state index contributed by atoms with van der Waals surface area (Å²) in [5.74, 6) is 0. The van der Waals surface area contributed by atoms with Crippen LogP contribution in [0.1, 0.15) is 0 Å². The van der Waals surface area contributed by atoms with Crippen LogP contribution in [0.2, 0.25) is 0 Å². The first-order valence-electron chi connectivity index (χ1n) is 1.27. The molecule has 0 aliphatic carbocycles. The van der Waals surface area contributed by atoms with E-state index in [0.717, 1.165) is 0 Å². The second kappa shape index (κ2) is 26.8. The molecule has 0 aromatic carbocycles. The van der Waals surface area contributed by atoms with Crippen LogP contribution in [0.4, 0.5) is 0 Å². The van der Waals surface area contributed by atoms with Gasteiger partial charge in [-0.05, 0) is 0 Å². The van der Waals surface area contributed by atoms with Gasteiger partial charge in [0.1, 0.15) is 0 Å². The Morgan fingerprint density at radius 3 is 1.29 bits per heavy atom. The van der Waals surface area contributed by atoms with Crippen molar-refractivity contribution in [1.29, 1.82) is 0 Å². The van der Waals surface area contributed by atoms with Crippen molar-refractivity contribution in [3.63, 3.8) is 0 Å². The minimum atomic E-state index is -0.556. The standard InChI is InChI=1S/C2H6N.CH3.2ClH.Ti/c1-3-2;;;;/h1-2H3;1H3;2*1H;/q2*-1;;;+2/p-2. The Kier molecular flexibility index (Phi) is 60.2. The van der Waals surface area contributed by atoms with Crippen molar-refractivity contribution < 1.29 is 17.0 Å². The summed E-state index contributed by atoms with van der Waals surface area (Å²) < 4.78 is 0. The topological polar surface area (TPSA) is 14.1 Å². The summed E-state index contributed by atoms with van der Waals surface area (Å²) in [7, 11) is 13.3. The average Bonchev–Trinajstić information content (AvgIpc) is 1.39. The number of nitrogens with zero attached hydrogens (tertiary/aromatic N) is 1. The molecule has 0 saturated heterocycles. The molecule has 0 aromatic rings. The van der Waals surface area contributed by atoms with Gasteiger partial charge in [0.2, 0.25) is 0 Å². The van der Waals surface area contributed by atoms with E-state index < -0.39 is 17.0 Å². The van der Waals surface area contributed by atoms with E-state index in [9.17, 15) is 0 Å². The SMILES string of the molecule is C[N-]C.[CH3-].[Cl][Ti][Cl]. The van der Waals surface area contributed by atoms with Crippen LogP contribution < -0.4 is 0 Å². The maximum atomic E-state index is 4.89. The van der Waals surface area contributed by atoms with Gasteiger partial charge >= 0.3 is 35.6 Å². The van der Waals surface area contributed by atoms with Crippen molar-refractivity contribution in [2.45, 2.75) is 0 Å². The molecule has 0 aliphatic heterocycles. The second-order valence-corrected chi connectivity index (χ2v) is 3.10. The van der Waals surface area contributed by atoms with Crippen LogP contribution in [0.3, 0.4) is 0 Å². The van der Waals surface area contributed by atoms with Gasteiger partial charge in [0.15, 0.2) is 0 Å². The molecule has 0 bridgehead atoms. The van der Waals surface area contributed by atoms with E-state index in [0.29, 0.717) is 0 Å². The van der Waals surface area contributed by atoms with Crippen molar-refractivity contribution in [2.24, 2.45) is 0 Å². The van der Waals surface area contributed by atoms with Crippen LogP contribution in [-0.4, -0.2) is 14.1 Å². The summed E-state index contributed by atoms with van der Waals surface area (Å²) in [5.41, 5.74) is 0. The van der Waals surface area contributed by atoms with E-state index >= 15 is 0 Å². The van der Waals surface area contributed by atoms with Crippen molar-refractivity contribution in [3.8, 4) is 0 Å². The van der Waals surface area contributed by atoms with Crippen LogP contribution in [0, 0.1) is 7.43 Å². The molecule has 4 heteroatoms. The van der Waals surface area contributed by atoms with Gasteiger partial charge in [-0.25, -0.2) is 0 Å². The number of halogens is 2. The Morgan fingerprint density at radius 1 is 1.29 bits per heavy atom. The molecular weight excluding hydrogens is 169 g/mol. The molecule has 1 nitrogen and oxygen atoms in total. The zero-order valence-corrected chi connectivity index (χ0v) is 7.78. The number of rotatable bonds is 0. The second-order valence-electron chi connectivity index (χ2n) is 0.519. The molecule has 0 saturated carbocycles. The van der Waals surface area contributed by atoms with Gasteiger partial charge < -0.3 is 12.7 Å². The van der Waals surface area contributed by atoms with E-state index in [1.54, 1.807) is 14.1 Å². The van der Waals surface area contributed by atoms with Crippen molar-refractivity contribution >= 4 is 18.6 Å². The fourth-order valence-corrected chi connectivity index (χ4v) is 0. The van der Waals surface area contributed by atoms with Crippen LogP contribution in [0.25, 0.3) is 5.32 Å². The molecule has 0 spiro atoms. The van der Waals surface area contributed by atoms with E-state index in [1.807, 2.05) is 0 Å². The molecule has 0 aromatic heterocycles. The summed E-state index contributed by atoms with van der Waals surface area (Å²) in [5, 5.41) is 3.50. The van der Waals surface area contributed by atoms with Crippen molar-refractivity contribution in [2.75, 3.05) is 14.1 Å². The molecular formula is C3H9Cl2NTi-2. The van der Waals surface area contributed by atoms with E-state index in [4.69, 9.17) is 18.6 Å². The fraction of sp³-hybridized carbons (Fsp3) is 0.667. The van der Waals surface area contributed by atoms with Crippen molar-refractivity contribution in [1.82, 2.24) is 0 Å². The molecule has 0 amide bonds. The van der Waals surface area contributed by atoms with Crippen molar-refractivity contribution in [3.05, 3.63) is 12.7 Å². The minimum absolute atomic E-state index is 0. The van der Waals surface area contributed by atoms with Crippen LogP contribution in [-0.2, 0) is 17.0 Å². The normalized spacial score (nSPS) is 4.57. The molecule has 0 fully saturated rings. The summed E-state index contributed by atoms with van der Waals surface area (Å²) in [6, 6.07) is 0. The predicted molar refractivity (Wildman–Crippen MR) is 33.3 cm³/mol. The molecule has 0 N–H and O–H groups in total. The average molecular weight is 178 g/mol. The maximum absolute atomic E-state index is 4.89. The summed E-state index contributed by atoms with van der Waals surface area (Å²) in [4.78, 5) is 0. The van der Waals surface area contributed by atoms with Gasteiger partial charge in [0.05, 0.1) is 0 Å². The quantitative estimate of drug-likeness (QED) is 0.399. The van der Waals surface area contributed by atoms with Gasteiger partial charge in [-0.15, -0.1) is 0 Å². The van der Waals surface area contributed by atoms with Gasteiger partial charge in [-0.1, -0.05) is 0 Å². The summed E-state index contributed by atoms with van der Waals surface area (Å²) in [6.45, 7) is 0. The zero-order chi connectivity index (χ0) is 5.41. The molecule has 46 valence electrons. The molecule has 0 unspecified atom stereocenters. The third-order valence-electron chi connectivity index (χ3n) is 0. The van der Waals surface area contributed by atoms with E-state index in [2.05, 4.69) is 5.32 Å². The molecule has 0 aliphatic rings. The fourth-order valence-electron chi connectivity index (χ4n) is 0. The Labute approximate surface area is 62.4 Å².